The molecule has 0 radical (unpaired) electrons. The Bertz CT molecular complexity index is 1020. The number of fused-ring (bicyclic) bond motifs is 3. The predicted octanol–water partition coefficient (Wildman–Crippen LogP) is 3.62. The molecule has 1 aliphatic heterocycles. The highest BCUT2D eigenvalue weighted by Crippen LogP contribution is 2.67. The minimum absolute atomic E-state index is 0.214. The maximum absolute atomic E-state index is 13.3. The van der Waals surface area contributed by atoms with Crippen LogP contribution in [0.15, 0.2) is 42.9 Å². The second kappa shape index (κ2) is 7.15. The number of anilines is 1. The Hall–Kier alpha value is -2.74. The first-order chi connectivity index (χ1) is 14.5. The number of carbonyl (C=O) groups is 2. The zero-order valence-corrected chi connectivity index (χ0v) is 19.9. The highest BCUT2D eigenvalue weighted by molar-refractivity contribution is 6.91. The molecule has 1 fully saturated rings. The molecule has 7 nitrogen and oxygen atoms in total. The molecule has 0 saturated heterocycles. The number of esters is 1. The lowest BCUT2D eigenvalue weighted by atomic mass is 9.65. The average Bonchev–Trinajstić information content (AvgIpc) is 2.91. The molecule has 1 unspecified atom stereocenters. The second-order valence-corrected chi connectivity index (χ2v) is 14.7. The number of aromatic nitrogens is 2. The lowest BCUT2D eigenvalue weighted by molar-refractivity contribution is -0.151. The quantitative estimate of drug-likeness (QED) is 0.537. The van der Waals surface area contributed by atoms with Gasteiger partial charge in [-0.25, -0.2) is 24.5 Å². The van der Waals surface area contributed by atoms with Crippen LogP contribution in [0.4, 0.5) is 10.6 Å². The van der Waals surface area contributed by atoms with Crippen molar-refractivity contribution >= 4 is 31.1 Å². The summed E-state index contributed by atoms with van der Waals surface area (Å²) in [5.41, 5.74) is -0.835. The number of methoxy groups -OCH3 is 1. The van der Waals surface area contributed by atoms with E-state index < -0.39 is 31.3 Å². The number of amides is 1. The molecule has 2 aliphatic rings. The van der Waals surface area contributed by atoms with E-state index in [-0.39, 0.29) is 11.5 Å². The molecule has 1 aromatic heterocycles. The van der Waals surface area contributed by atoms with Gasteiger partial charge in [-0.15, -0.1) is 0 Å². The Morgan fingerprint density at radius 1 is 1.19 bits per heavy atom. The topological polar surface area (TPSA) is 81.6 Å². The highest BCUT2D eigenvalue weighted by atomic mass is 28.3. The van der Waals surface area contributed by atoms with Crippen molar-refractivity contribution in [2.75, 3.05) is 12.0 Å². The standard InChI is InChI=1S/C23H29N3O4Si/c1-22(2,3)30-21(28)26-19-16(13-24-14-25-19)18-17(12-23(18,26)20(27)29-4)31(5,6)15-10-8-7-9-11-15/h7-11,13-14,17-18H,12H2,1-6H3/t17-,18?,23-/m1/s1. The van der Waals surface area contributed by atoms with Crippen molar-refractivity contribution in [1.29, 1.82) is 0 Å². The third-order valence-electron chi connectivity index (χ3n) is 6.67. The maximum Gasteiger partial charge on any atom is 0.417 e. The van der Waals surface area contributed by atoms with Crippen molar-refractivity contribution in [3.05, 3.63) is 48.4 Å². The van der Waals surface area contributed by atoms with Gasteiger partial charge in [0.15, 0.2) is 5.54 Å². The molecule has 1 aromatic carbocycles. The van der Waals surface area contributed by atoms with E-state index in [2.05, 4.69) is 47.3 Å². The number of hydrogen-bond donors (Lipinski definition) is 0. The van der Waals surface area contributed by atoms with Gasteiger partial charge in [-0.3, -0.25) is 0 Å². The Morgan fingerprint density at radius 2 is 1.87 bits per heavy atom. The van der Waals surface area contributed by atoms with Crippen LogP contribution >= 0.6 is 0 Å². The SMILES string of the molecule is COC(=O)[C@@]12C[C@@H]([Si](C)(C)c3ccccc3)C1c1cncnc1N2C(=O)OC(C)(C)C. The molecular weight excluding hydrogens is 410 g/mol. The molecule has 2 aromatic rings. The number of ether oxygens (including phenoxy) is 2. The molecule has 164 valence electrons. The molecule has 8 heteroatoms. The summed E-state index contributed by atoms with van der Waals surface area (Å²) in [6.07, 6.45) is 3.06. The number of hydrogen-bond acceptors (Lipinski definition) is 6. The molecular formula is C23H29N3O4Si. The summed E-state index contributed by atoms with van der Waals surface area (Å²) < 4.78 is 10.9. The molecule has 0 N–H and O–H groups in total. The van der Waals surface area contributed by atoms with Crippen LogP contribution in [0.5, 0.6) is 0 Å². The average molecular weight is 440 g/mol. The maximum atomic E-state index is 13.3. The molecule has 4 rings (SSSR count). The fourth-order valence-electron chi connectivity index (χ4n) is 5.17. The van der Waals surface area contributed by atoms with Crippen molar-refractivity contribution in [1.82, 2.24) is 9.97 Å². The van der Waals surface area contributed by atoms with E-state index >= 15 is 0 Å². The van der Waals surface area contributed by atoms with Crippen LogP contribution in [0.2, 0.25) is 18.6 Å². The molecule has 2 heterocycles. The first-order valence-electron chi connectivity index (χ1n) is 10.5. The van der Waals surface area contributed by atoms with Gasteiger partial charge in [0.25, 0.3) is 0 Å². The van der Waals surface area contributed by atoms with Crippen LogP contribution in [0.3, 0.4) is 0 Å². The van der Waals surface area contributed by atoms with E-state index in [0.29, 0.717) is 12.2 Å². The molecule has 3 atom stereocenters. The van der Waals surface area contributed by atoms with Gasteiger partial charge < -0.3 is 9.47 Å². The van der Waals surface area contributed by atoms with Gasteiger partial charge in [0.2, 0.25) is 0 Å². The lowest BCUT2D eigenvalue weighted by Crippen LogP contribution is -2.70. The van der Waals surface area contributed by atoms with Gasteiger partial charge in [-0.2, -0.15) is 0 Å². The Kier molecular flexibility index (Phi) is 4.96. The van der Waals surface area contributed by atoms with Crippen LogP contribution in [0, 0.1) is 0 Å². The molecule has 0 spiro atoms. The second-order valence-electron chi connectivity index (χ2n) is 9.91. The molecule has 1 aliphatic carbocycles. The van der Waals surface area contributed by atoms with Crippen molar-refractivity contribution in [2.24, 2.45) is 0 Å². The summed E-state index contributed by atoms with van der Waals surface area (Å²) in [7, 11) is -0.645. The highest BCUT2D eigenvalue weighted by Gasteiger charge is 2.73. The fraction of sp³-hybridized carbons (Fsp3) is 0.478. The normalized spacial score (nSPS) is 24.6. The van der Waals surface area contributed by atoms with Crippen LogP contribution in [0.25, 0.3) is 0 Å². The van der Waals surface area contributed by atoms with Gasteiger partial charge in [0.05, 0.1) is 15.2 Å². The summed E-state index contributed by atoms with van der Waals surface area (Å²) in [4.78, 5) is 36.6. The van der Waals surface area contributed by atoms with Crippen molar-refractivity contribution in [2.45, 2.75) is 62.9 Å². The van der Waals surface area contributed by atoms with Crippen LogP contribution < -0.4 is 10.1 Å². The van der Waals surface area contributed by atoms with Crippen molar-refractivity contribution in [3.63, 3.8) is 0 Å². The minimum atomic E-state index is -2.01. The van der Waals surface area contributed by atoms with Crippen molar-refractivity contribution in [3.8, 4) is 0 Å². The van der Waals surface area contributed by atoms with Crippen LogP contribution in [0.1, 0.15) is 38.7 Å². The fourth-order valence-corrected chi connectivity index (χ4v) is 8.76. The lowest BCUT2D eigenvalue weighted by Gasteiger charge is -2.56. The Balaban J connectivity index is 1.84. The Morgan fingerprint density at radius 3 is 2.48 bits per heavy atom. The van der Waals surface area contributed by atoms with Crippen LogP contribution in [-0.4, -0.2) is 48.4 Å². The molecule has 0 bridgehead atoms. The largest absolute Gasteiger partial charge is 0.467 e. The van der Waals surface area contributed by atoms with E-state index in [1.807, 2.05) is 6.07 Å². The third-order valence-corrected chi connectivity index (χ3v) is 10.9. The zero-order valence-electron chi connectivity index (χ0n) is 18.9. The molecule has 1 saturated carbocycles. The summed E-state index contributed by atoms with van der Waals surface area (Å²) in [6, 6.07) is 10.4. The van der Waals surface area contributed by atoms with E-state index in [4.69, 9.17) is 9.47 Å². The Labute approximate surface area is 183 Å². The predicted molar refractivity (Wildman–Crippen MR) is 120 cm³/mol. The summed E-state index contributed by atoms with van der Waals surface area (Å²) in [5, 5.41) is 1.31. The molecule has 1 amide bonds. The first-order valence-corrected chi connectivity index (χ1v) is 13.6. The monoisotopic (exact) mass is 439 g/mol. The number of nitrogens with zero attached hydrogens (tertiary/aromatic N) is 3. The summed E-state index contributed by atoms with van der Waals surface area (Å²) in [5.74, 6) is -0.221. The molecule has 31 heavy (non-hydrogen) atoms. The smallest absolute Gasteiger partial charge is 0.417 e. The van der Waals surface area contributed by atoms with Gasteiger partial charge in [-0.05, 0) is 32.7 Å². The minimum Gasteiger partial charge on any atom is -0.467 e. The van der Waals surface area contributed by atoms with E-state index in [0.717, 1.165) is 5.56 Å². The number of carbonyl (C=O) groups excluding carboxylic acids is 2. The van der Waals surface area contributed by atoms with E-state index in [9.17, 15) is 9.59 Å². The van der Waals surface area contributed by atoms with Gasteiger partial charge >= 0.3 is 12.1 Å². The van der Waals surface area contributed by atoms with Crippen molar-refractivity contribution < 1.29 is 19.1 Å². The first kappa shape index (κ1) is 21.5. The van der Waals surface area contributed by atoms with Gasteiger partial charge in [0, 0.05) is 17.7 Å². The zero-order chi connectivity index (χ0) is 22.6. The summed E-state index contributed by atoms with van der Waals surface area (Å²) >= 11 is 0. The van der Waals surface area contributed by atoms with E-state index in [1.54, 1.807) is 27.0 Å². The number of rotatable bonds is 3. The van der Waals surface area contributed by atoms with Gasteiger partial charge in [-0.1, -0.05) is 48.6 Å². The van der Waals surface area contributed by atoms with E-state index in [1.165, 1.54) is 23.5 Å². The number of benzene rings is 1. The van der Waals surface area contributed by atoms with Gasteiger partial charge in [0.1, 0.15) is 17.7 Å². The third kappa shape index (κ3) is 3.15. The van der Waals surface area contributed by atoms with Crippen LogP contribution in [-0.2, 0) is 14.3 Å². The summed E-state index contributed by atoms with van der Waals surface area (Å²) in [6.45, 7) is 10.0.